The largest absolute Gasteiger partial charge is 0.642 e. The second kappa shape index (κ2) is 9.34. The molecule has 1 aliphatic rings. The number of nitrogens with zero attached hydrogens (tertiary/aromatic N) is 3. The van der Waals surface area contributed by atoms with E-state index in [0.717, 1.165) is 17.1 Å². The molecule has 0 aliphatic carbocycles. The summed E-state index contributed by atoms with van der Waals surface area (Å²) in [5.74, 6) is 1.13. The number of rotatable bonds is 3. The Hall–Kier alpha value is -2.00. The molecule has 0 saturated heterocycles. The SMILES string of the molecule is CNc1c(-c2ccc3c(n2)OCC(=O)N3)cnn1C.[CH2-]OC=O.[Y]. The smallest absolute Gasteiger partial charge is 0.262 e. The first kappa shape index (κ1) is 20.0. The number of carbonyl (C=O) groups excluding carboxylic acids is 2. The van der Waals surface area contributed by atoms with Crippen LogP contribution in [0.25, 0.3) is 11.3 Å². The molecule has 0 saturated carbocycles. The molecule has 2 N–H and O–H groups in total. The third kappa shape index (κ3) is 4.51. The fraction of sp³-hybridized carbons (Fsp3) is 0.214. The molecule has 0 bridgehead atoms. The molecule has 0 unspecified atom stereocenters. The van der Waals surface area contributed by atoms with Crippen LogP contribution < -0.4 is 15.4 Å². The molecule has 0 atom stereocenters. The number of hydrogen-bond donors (Lipinski definition) is 2. The van der Waals surface area contributed by atoms with Crippen LogP contribution in [0.2, 0.25) is 0 Å². The van der Waals surface area contributed by atoms with Gasteiger partial charge >= 0.3 is 0 Å². The van der Waals surface area contributed by atoms with Crippen molar-refractivity contribution < 1.29 is 51.8 Å². The average Bonchev–Trinajstić information content (AvgIpc) is 2.95. The summed E-state index contributed by atoms with van der Waals surface area (Å²) in [6.07, 6.45) is 1.74. The summed E-state index contributed by atoms with van der Waals surface area (Å²) in [4.78, 5) is 24.5. The molecule has 9 nitrogen and oxygen atoms in total. The van der Waals surface area contributed by atoms with Crippen LogP contribution in [0.4, 0.5) is 11.5 Å². The van der Waals surface area contributed by atoms with Crippen LogP contribution >= 0.6 is 0 Å². The second-order valence-electron chi connectivity index (χ2n) is 4.43. The van der Waals surface area contributed by atoms with Gasteiger partial charge in [0.15, 0.2) is 6.61 Å². The Kier molecular flexibility index (Phi) is 7.80. The van der Waals surface area contributed by atoms with Crippen LogP contribution in [0.5, 0.6) is 5.88 Å². The summed E-state index contributed by atoms with van der Waals surface area (Å²) < 4.78 is 10.7. The molecule has 1 radical (unpaired) electrons. The molecule has 24 heavy (non-hydrogen) atoms. The number of aryl methyl sites for hydroxylation is 1. The van der Waals surface area contributed by atoms with E-state index in [2.05, 4.69) is 32.6 Å². The minimum Gasteiger partial charge on any atom is -0.642 e. The van der Waals surface area contributed by atoms with Gasteiger partial charge in [0.25, 0.3) is 12.4 Å². The Morgan fingerprint density at radius 3 is 2.83 bits per heavy atom. The van der Waals surface area contributed by atoms with Gasteiger partial charge in [0.2, 0.25) is 5.88 Å². The number of fused-ring (bicyclic) bond motifs is 1. The molecule has 1 aliphatic heterocycles. The van der Waals surface area contributed by atoms with Gasteiger partial charge in [-0.3, -0.25) is 14.3 Å². The fourth-order valence-electron chi connectivity index (χ4n) is 2.04. The Balaban J connectivity index is 0.000000522. The van der Waals surface area contributed by atoms with Crippen molar-refractivity contribution in [2.75, 3.05) is 24.3 Å². The quantitative estimate of drug-likeness (QED) is 0.573. The number of ether oxygens (including phenoxy) is 2. The van der Waals surface area contributed by atoms with E-state index in [1.165, 1.54) is 0 Å². The average molecular weight is 407 g/mol. The van der Waals surface area contributed by atoms with Crippen LogP contribution in [-0.4, -0.2) is 40.8 Å². The van der Waals surface area contributed by atoms with Crippen LogP contribution in [0.15, 0.2) is 18.3 Å². The minimum absolute atomic E-state index is 0. The van der Waals surface area contributed by atoms with Gasteiger partial charge in [0, 0.05) is 46.8 Å². The topological polar surface area (TPSA) is 107 Å². The molecule has 3 rings (SSSR count). The van der Waals surface area contributed by atoms with E-state index < -0.39 is 0 Å². The first-order valence-electron chi connectivity index (χ1n) is 6.59. The minimum atomic E-state index is -0.167. The van der Waals surface area contributed by atoms with Crippen molar-refractivity contribution in [2.45, 2.75) is 0 Å². The Morgan fingerprint density at radius 1 is 1.50 bits per heavy atom. The number of anilines is 2. The molecule has 0 aromatic carbocycles. The van der Waals surface area contributed by atoms with E-state index in [1.54, 1.807) is 16.9 Å². The summed E-state index contributed by atoms with van der Waals surface area (Å²) in [6.45, 7) is 0.259. The number of aromatic nitrogens is 3. The van der Waals surface area contributed by atoms with Crippen LogP contribution in [0.3, 0.4) is 0 Å². The predicted octanol–water partition coefficient (Wildman–Crippen LogP) is 0.803. The van der Waals surface area contributed by atoms with Gasteiger partial charge in [-0.2, -0.15) is 12.2 Å². The maximum atomic E-state index is 11.2. The Labute approximate surface area is 164 Å². The zero-order valence-corrected chi connectivity index (χ0v) is 16.1. The molecule has 2 aromatic heterocycles. The van der Waals surface area contributed by atoms with E-state index in [9.17, 15) is 4.79 Å². The molecule has 10 heteroatoms. The summed E-state index contributed by atoms with van der Waals surface area (Å²) >= 11 is 0. The van der Waals surface area contributed by atoms with Gasteiger partial charge in [-0.25, -0.2) is 4.98 Å². The number of hydrogen-bond acceptors (Lipinski definition) is 7. The van der Waals surface area contributed by atoms with Gasteiger partial charge in [-0.1, -0.05) is 0 Å². The maximum absolute atomic E-state index is 11.2. The van der Waals surface area contributed by atoms with Gasteiger partial charge < -0.3 is 20.1 Å². The molecule has 0 spiro atoms. The summed E-state index contributed by atoms with van der Waals surface area (Å²) in [5, 5.41) is 9.98. The van der Waals surface area contributed by atoms with Crippen molar-refractivity contribution >= 4 is 23.9 Å². The second-order valence-corrected chi connectivity index (χ2v) is 4.43. The van der Waals surface area contributed by atoms with Gasteiger partial charge in [-0.05, 0) is 12.1 Å². The van der Waals surface area contributed by atoms with Crippen LogP contribution in [0.1, 0.15) is 0 Å². The van der Waals surface area contributed by atoms with Crippen LogP contribution in [-0.2, 0) is 54.1 Å². The maximum Gasteiger partial charge on any atom is 0.262 e. The van der Waals surface area contributed by atoms with E-state index in [4.69, 9.17) is 9.53 Å². The van der Waals surface area contributed by atoms with Crippen molar-refractivity contribution in [3.05, 3.63) is 25.4 Å². The Bertz CT molecular complexity index is 719. The summed E-state index contributed by atoms with van der Waals surface area (Å²) in [5.41, 5.74) is 2.22. The number of carbonyl (C=O) groups is 2. The van der Waals surface area contributed by atoms with Crippen LogP contribution in [0, 0.1) is 7.11 Å². The van der Waals surface area contributed by atoms with Crippen molar-refractivity contribution in [3.8, 4) is 17.1 Å². The molecule has 125 valence electrons. The van der Waals surface area contributed by atoms with Crippen molar-refractivity contribution in [1.29, 1.82) is 0 Å². The summed E-state index contributed by atoms with van der Waals surface area (Å²) in [6, 6.07) is 3.60. The third-order valence-corrected chi connectivity index (χ3v) is 2.99. The Morgan fingerprint density at radius 2 is 2.21 bits per heavy atom. The van der Waals surface area contributed by atoms with E-state index in [1.807, 2.05) is 20.2 Å². The molecule has 3 heterocycles. The standard InChI is InChI=1S/C12H13N5O2.C2H3O2.Y/c1-13-11-7(5-14-17(11)2)8-3-4-9-12(16-8)19-6-10(18)15-9;1-4-2-3;/h3-5,13H,6H2,1-2H3,(H,15,18);2H,1H2;/q;-1;. The number of pyridine rings is 1. The molecular weight excluding hydrogens is 391 g/mol. The molecular formula is C14H16N5O4Y-. The molecule has 2 aromatic rings. The normalized spacial score (nSPS) is 11.5. The summed E-state index contributed by atoms with van der Waals surface area (Å²) in [7, 11) is 6.42. The monoisotopic (exact) mass is 407 g/mol. The zero-order chi connectivity index (χ0) is 16.8. The third-order valence-electron chi connectivity index (χ3n) is 2.99. The van der Waals surface area contributed by atoms with Crippen molar-refractivity contribution in [2.24, 2.45) is 7.05 Å². The van der Waals surface area contributed by atoms with E-state index in [0.29, 0.717) is 11.6 Å². The molecule has 0 fully saturated rings. The van der Waals surface area contributed by atoms with E-state index >= 15 is 0 Å². The van der Waals surface area contributed by atoms with Crippen molar-refractivity contribution in [3.63, 3.8) is 0 Å². The predicted molar refractivity (Wildman–Crippen MR) is 82.6 cm³/mol. The first-order valence-corrected chi connectivity index (χ1v) is 6.59. The van der Waals surface area contributed by atoms with Crippen molar-refractivity contribution in [1.82, 2.24) is 14.8 Å². The van der Waals surface area contributed by atoms with Gasteiger partial charge in [-0.15, -0.1) is 0 Å². The first-order chi connectivity index (χ1) is 11.1. The fourth-order valence-corrected chi connectivity index (χ4v) is 2.04. The number of nitrogens with one attached hydrogen (secondary N) is 2. The zero-order valence-electron chi connectivity index (χ0n) is 13.3. The number of amides is 1. The van der Waals surface area contributed by atoms with Gasteiger partial charge in [0.05, 0.1) is 17.5 Å². The van der Waals surface area contributed by atoms with E-state index in [-0.39, 0.29) is 51.7 Å². The molecule has 1 amide bonds. The van der Waals surface area contributed by atoms with Gasteiger partial charge in [0.1, 0.15) is 11.5 Å².